The first-order valence-corrected chi connectivity index (χ1v) is 7.83. The molecule has 7 nitrogen and oxygen atoms in total. The molecule has 118 valence electrons. The van der Waals surface area contributed by atoms with E-state index in [2.05, 4.69) is 5.32 Å². The Labute approximate surface area is 135 Å². The number of amides is 2. The number of nitrogens with zero attached hydrogens (tertiary/aromatic N) is 2. The van der Waals surface area contributed by atoms with Gasteiger partial charge in [-0.05, 0) is 24.6 Å². The number of hydrogen-bond donors (Lipinski definition) is 1. The van der Waals surface area contributed by atoms with Crippen molar-refractivity contribution >= 4 is 39.5 Å². The van der Waals surface area contributed by atoms with Crippen molar-refractivity contribution in [3.63, 3.8) is 0 Å². The van der Waals surface area contributed by atoms with Crippen LogP contribution in [-0.4, -0.2) is 23.3 Å². The molecule has 0 radical (unpaired) electrons. The molecular weight excluding hydrogens is 318 g/mol. The standard InChI is InChI=1S/C15H13N3O4S/c19-13-6-3-9-17(13)11-5-2-1-4-10(11)16-15(20)12-7-8-14(23-12)18(21)22/h1-2,4-5,7-8H,3,6,9H2,(H,16,20). The highest BCUT2D eigenvalue weighted by Gasteiger charge is 2.24. The van der Waals surface area contributed by atoms with E-state index < -0.39 is 10.8 Å². The van der Waals surface area contributed by atoms with Gasteiger partial charge in [0.25, 0.3) is 5.91 Å². The van der Waals surface area contributed by atoms with Gasteiger partial charge in [-0.2, -0.15) is 0 Å². The number of carbonyl (C=O) groups is 2. The number of rotatable bonds is 4. The summed E-state index contributed by atoms with van der Waals surface area (Å²) in [6.45, 7) is 0.621. The molecular formula is C15H13N3O4S. The molecule has 0 unspecified atom stereocenters. The van der Waals surface area contributed by atoms with Gasteiger partial charge in [-0.25, -0.2) is 0 Å². The molecule has 1 aromatic heterocycles. The number of para-hydroxylation sites is 2. The van der Waals surface area contributed by atoms with E-state index in [1.807, 2.05) is 0 Å². The Bertz CT molecular complexity index is 787. The fourth-order valence-corrected chi connectivity index (χ4v) is 3.17. The predicted molar refractivity (Wildman–Crippen MR) is 87.0 cm³/mol. The van der Waals surface area contributed by atoms with E-state index in [0.29, 0.717) is 24.3 Å². The molecule has 1 saturated heterocycles. The summed E-state index contributed by atoms with van der Waals surface area (Å²) in [6.07, 6.45) is 1.29. The third-order valence-corrected chi connectivity index (χ3v) is 4.55. The Kier molecular flexibility index (Phi) is 4.07. The van der Waals surface area contributed by atoms with E-state index in [0.717, 1.165) is 17.8 Å². The lowest BCUT2D eigenvalue weighted by molar-refractivity contribution is -0.380. The molecule has 1 aliphatic heterocycles. The van der Waals surface area contributed by atoms with Gasteiger partial charge < -0.3 is 10.2 Å². The smallest absolute Gasteiger partial charge is 0.319 e. The summed E-state index contributed by atoms with van der Waals surface area (Å²) in [7, 11) is 0. The van der Waals surface area contributed by atoms with Crippen molar-refractivity contribution in [2.45, 2.75) is 12.8 Å². The zero-order valence-corrected chi connectivity index (χ0v) is 12.8. The lowest BCUT2D eigenvalue weighted by Gasteiger charge is -2.19. The minimum atomic E-state index is -0.529. The van der Waals surface area contributed by atoms with Gasteiger partial charge in [0.15, 0.2) is 0 Å². The topological polar surface area (TPSA) is 92.6 Å². The predicted octanol–water partition coefficient (Wildman–Crippen LogP) is 3.04. The van der Waals surface area contributed by atoms with Gasteiger partial charge in [-0.3, -0.25) is 19.7 Å². The van der Waals surface area contributed by atoms with Crippen LogP contribution in [0.3, 0.4) is 0 Å². The van der Waals surface area contributed by atoms with E-state index in [1.54, 1.807) is 29.2 Å². The largest absolute Gasteiger partial charge is 0.324 e. The van der Waals surface area contributed by atoms with Gasteiger partial charge in [-0.15, -0.1) is 0 Å². The van der Waals surface area contributed by atoms with E-state index in [1.165, 1.54) is 12.1 Å². The van der Waals surface area contributed by atoms with E-state index in [-0.39, 0.29) is 15.8 Å². The van der Waals surface area contributed by atoms with Gasteiger partial charge in [0, 0.05) is 19.0 Å². The minimum absolute atomic E-state index is 0.0264. The van der Waals surface area contributed by atoms with Crippen molar-refractivity contribution in [1.29, 1.82) is 0 Å². The Morgan fingerprint density at radius 1 is 1.26 bits per heavy atom. The van der Waals surface area contributed by atoms with Crippen LogP contribution in [-0.2, 0) is 4.79 Å². The van der Waals surface area contributed by atoms with Gasteiger partial charge in [0.05, 0.1) is 21.2 Å². The Hall–Kier alpha value is -2.74. The molecule has 3 rings (SSSR count). The second-order valence-electron chi connectivity index (χ2n) is 5.02. The van der Waals surface area contributed by atoms with Crippen molar-refractivity contribution in [2.24, 2.45) is 0 Å². The van der Waals surface area contributed by atoms with Crippen molar-refractivity contribution in [3.05, 3.63) is 51.4 Å². The maximum Gasteiger partial charge on any atom is 0.324 e. The first-order valence-electron chi connectivity index (χ1n) is 7.01. The fraction of sp³-hybridized carbons (Fsp3) is 0.200. The van der Waals surface area contributed by atoms with Crippen molar-refractivity contribution < 1.29 is 14.5 Å². The lowest BCUT2D eigenvalue weighted by atomic mass is 10.2. The van der Waals surface area contributed by atoms with Crippen LogP contribution in [0.25, 0.3) is 0 Å². The molecule has 1 N–H and O–H groups in total. The van der Waals surface area contributed by atoms with Crippen LogP contribution in [0.1, 0.15) is 22.5 Å². The van der Waals surface area contributed by atoms with E-state index in [9.17, 15) is 19.7 Å². The van der Waals surface area contributed by atoms with Gasteiger partial charge >= 0.3 is 5.00 Å². The number of anilines is 2. The molecule has 0 spiro atoms. The van der Waals surface area contributed by atoms with Crippen molar-refractivity contribution in [1.82, 2.24) is 0 Å². The maximum absolute atomic E-state index is 12.3. The molecule has 1 aromatic carbocycles. The minimum Gasteiger partial charge on any atom is -0.319 e. The Balaban J connectivity index is 1.83. The average molecular weight is 331 g/mol. The molecule has 2 aromatic rings. The summed E-state index contributed by atoms with van der Waals surface area (Å²) in [5.41, 5.74) is 1.17. The van der Waals surface area contributed by atoms with Crippen LogP contribution in [0.4, 0.5) is 16.4 Å². The third-order valence-electron chi connectivity index (χ3n) is 3.51. The van der Waals surface area contributed by atoms with Crippen LogP contribution in [0, 0.1) is 10.1 Å². The summed E-state index contributed by atoms with van der Waals surface area (Å²) in [5.74, 6) is -0.402. The third kappa shape index (κ3) is 3.07. The molecule has 23 heavy (non-hydrogen) atoms. The van der Waals surface area contributed by atoms with Gasteiger partial charge in [0.1, 0.15) is 0 Å². The van der Waals surface area contributed by atoms with Crippen LogP contribution in [0.2, 0.25) is 0 Å². The average Bonchev–Trinajstić information content (AvgIpc) is 3.17. The number of hydrogen-bond acceptors (Lipinski definition) is 5. The summed E-state index contributed by atoms with van der Waals surface area (Å²) < 4.78 is 0. The van der Waals surface area contributed by atoms with E-state index in [4.69, 9.17) is 0 Å². The number of thiophene rings is 1. The monoisotopic (exact) mass is 331 g/mol. The fourth-order valence-electron chi connectivity index (χ4n) is 2.45. The Morgan fingerprint density at radius 2 is 2.04 bits per heavy atom. The number of nitrogens with one attached hydrogen (secondary N) is 1. The molecule has 1 aliphatic rings. The normalized spacial score (nSPS) is 14.1. The van der Waals surface area contributed by atoms with Gasteiger partial charge in [0.2, 0.25) is 5.91 Å². The second kappa shape index (κ2) is 6.17. The molecule has 8 heteroatoms. The van der Waals surface area contributed by atoms with Gasteiger partial charge in [-0.1, -0.05) is 23.5 Å². The first-order chi connectivity index (χ1) is 11.1. The second-order valence-corrected chi connectivity index (χ2v) is 6.08. The van der Waals surface area contributed by atoms with Crippen LogP contribution in [0.15, 0.2) is 36.4 Å². The Morgan fingerprint density at radius 3 is 2.70 bits per heavy atom. The van der Waals surface area contributed by atoms with Crippen molar-refractivity contribution in [3.8, 4) is 0 Å². The SMILES string of the molecule is O=C(Nc1ccccc1N1CCCC1=O)c1ccc([N+](=O)[O-])s1. The number of benzene rings is 1. The molecule has 0 saturated carbocycles. The molecule has 0 atom stereocenters. The molecule has 2 heterocycles. The summed E-state index contributed by atoms with van der Waals surface area (Å²) in [4.78, 5) is 36.2. The lowest BCUT2D eigenvalue weighted by Crippen LogP contribution is -2.25. The quantitative estimate of drug-likeness (QED) is 0.688. The summed E-state index contributed by atoms with van der Waals surface area (Å²) in [5, 5.41) is 13.3. The zero-order chi connectivity index (χ0) is 16.4. The summed E-state index contributed by atoms with van der Waals surface area (Å²) >= 11 is 0.815. The molecule has 0 bridgehead atoms. The number of nitro groups is 1. The highest BCUT2D eigenvalue weighted by atomic mass is 32.1. The van der Waals surface area contributed by atoms with Crippen LogP contribution < -0.4 is 10.2 Å². The highest BCUT2D eigenvalue weighted by Crippen LogP contribution is 2.31. The molecule has 2 amide bonds. The molecule has 1 fully saturated rings. The van der Waals surface area contributed by atoms with Crippen molar-refractivity contribution in [2.75, 3.05) is 16.8 Å². The highest BCUT2D eigenvalue weighted by molar-refractivity contribution is 7.17. The molecule has 0 aliphatic carbocycles. The zero-order valence-electron chi connectivity index (χ0n) is 12.0. The number of carbonyl (C=O) groups excluding carboxylic acids is 2. The maximum atomic E-state index is 12.3. The van der Waals surface area contributed by atoms with Crippen LogP contribution in [0.5, 0.6) is 0 Å². The summed E-state index contributed by atoms with van der Waals surface area (Å²) in [6, 6.07) is 9.76. The first kappa shape index (κ1) is 15.2. The van der Waals surface area contributed by atoms with E-state index >= 15 is 0 Å². The van der Waals surface area contributed by atoms with Crippen LogP contribution >= 0.6 is 11.3 Å².